The molecule has 0 unspecified atom stereocenters. The van der Waals surface area contributed by atoms with Gasteiger partial charge in [-0.2, -0.15) is 0 Å². The Morgan fingerprint density at radius 3 is 2.55 bits per heavy atom. The van der Waals surface area contributed by atoms with Gasteiger partial charge < -0.3 is 19.4 Å². The second-order valence-electron chi connectivity index (χ2n) is 8.90. The monoisotopic (exact) mass is 465 g/mol. The molecule has 1 aliphatic carbocycles. The zero-order valence-electron chi connectivity index (χ0n) is 19.3. The number of piperazine rings is 1. The summed E-state index contributed by atoms with van der Waals surface area (Å²) in [5, 5.41) is 4.18. The lowest BCUT2D eigenvalue weighted by atomic mass is 9.88. The van der Waals surface area contributed by atoms with E-state index in [2.05, 4.69) is 34.3 Å². The Morgan fingerprint density at radius 1 is 1.09 bits per heavy atom. The number of ether oxygens (including phenoxy) is 1. The topological polar surface area (TPSA) is 58.0 Å². The van der Waals surface area contributed by atoms with Gasteiger partial charge in [0.2, 0.25) is 0 Å². The molecule has 1 aliphatic heterocycles. The number of carbonyl (C=O) groups is 1. The molecule has 5 rings (SSSR count). The molecule has 1 aromatic carbocycles. The molecule has 7 heteroatoms. The van der Waals surface area contributed by atoms with Crippen molar-refractivity contribution in [3.05, 3.63) is 70.0 Å². The van der Waals surface area contributed by atoms with Crippen LogP contribution in [0.5, 0.6) is 5.75 Å². The highest BCUT2D eigenvalue weighted by atomic mass is 32.1. The van der Waals surface area contributed by atoms with Gasteiger partial charge in [0.25, 0.3) is 5.91 Å². The van der Waals surface area contributed by atoms with E-state index in [1.54, 1.807) is 36.8 Å². The van der Waals surface area contributed by atoms with Crippen molar-refractivity contribution in [1.29, 1.82) is 0 Å². The third kappa shape index (κ3) is 4.58. The molecule has 3 heterocycles. The van der Waals surface area contributed by atoms with Crippen molar-refractivity contribution < 1.29 is 13.9 Å². The van der Waals surface area contributed by atoms with Crippen LogP contribution < -0.4 is 10.1 Å². The number of benzene rings is 1. The number of amides is 1. The fraction of sp³-hybridized carbons (Fsp3) is 0.423. The number of thiophene rings is 1. The summed E-state index contributed by atoms with van der Waals surface area (Å²) in [7, 11) is 3.88. The number of nitrogens with zero attached hydrogens (tertiary/aromatic N) is 2. The Labute approximate surface area is 199 Å². The van der Waals surface area contributed by atoms with Crippen LogP contribution in [0.4, 0.5) is 5.00 Å². The number of methoxy groups -OCH3 is 1. The lowest BCUT2D eigenvalue weighted by Crippen LogP contribution is -2.46. The largest absolute Gasteiger partial charge is 0.497 e. The Morgan fingerprint density at radius 2 is 1.85 bits per heavy atom. The third-order valence-electron chi connectivity index (χ3n) is 6.79. The molecule has 1 saturated heterocycles. The highest BCUT2D eigenvalue weighted by molar-refractivity contribution is 7.16. The van der Waals surface area contributed by atoms with Gasteiger partial charge in [-0.15, -0.1) is 11.3 Å². The van der Waals surface area contributed by atoms with Crippen molar-refractivity contribution >= 4 is 22.2 Å². The first-order chi connectivity index (χ1) is 16.1. The molecule has 3 aromatic rings. The lowest BCUT2D eigenvalue weighted by molar-refractivity contribution is 0.0996. The number of likely N-dealkylation sites (N-methyl/N-ethyl adjacent to an activating group) is 1. The second kappa shape index (κ2) is 9.71. The van der Waals surface area contributed by atoms with Gasteiger partial charge in [0.15, 0.2) is 5.76 Å². The van der Waals surface area contributed by atoms with E-state index < -0.39 is 0 Å². The van der Waals surface area contributed by atoms with Crippen LogP contribution in [-0.2, 0) is 12.8 Å². The minimum Gasteiger partial charge on any atom is -0.497 e. The van der Waals surface area contributed by atoms with Gasteiger partial charge in [0.1, 0.15) is 10.8 Å². The van der Waals surface area contributed by atoms with Gasteiger partial charge in [-0.3, -0.25) is 9.69 Å². The molecule has 0 spiro atoms. The predicted octanol–water partition coefficient (Wildman–Crippen LogP) is 4.82. The van der Waals surface area contributed by atoms with Gasteiger partial charge in [-0.1, -0.05) is 12.1 Å². The molecule has 1 amide bonds. The third-order valence-corrected chi connectivity index (χ3v) is 8.02. The predicted molar refractivity (Wildman–Crippen MR) is 132 cm³/mol. The molecule has 1 N–H and O–H groups in total. The summed E-state index contributed by atoms with van der Waals surface area (Å²) in [5.74, 6) is 1.01. The first kappa shape index (κ1) is 22.2. The van der Waals surface area contributed by atoms with Gasteiger partial charge in [-0.25, -0.2) is 0 Å². The normalized spacial score (nSPS) is 18.0. The van der Waals surface area contributed by atoms with Crippen molar-refractivity contribution in [2.45, 2.75) is 31.7 Å². The molecule has 33 heavy (non-hydrogen) atoms. The summed E-state index contributed by atoms with van der Waals surface area (Å²) in [4.78, 5) is 19.3. The molecule has 2 aromatic heterocycles. The van der Waals surface area contributed by atoms with E-state index in [4.69, 9.17) is 9.15 Å². The quantitative estimate of drug-likeness (QED) is 0.566. The van der Waals surface area contributed by atoms with Gasteiger partial charge in [-0.05, 0) is 68.1 Å². The summed E-state index contributed by atoms with van der Waals surface area (Å²) in [5.41, 5.74) is 3.94. The number of aryl methyl sites for hydroxylation is 1. The maximum absolute atomic E-state index is 13.0. The van der Waals surface area contributed by atoms with Gasteiger partial charge in [0, 0.05) is 36.6 Å². The molecule has 0 saturated carbocycles. The summed E-state index contributed by atoms with van der Waals surface area (Å²) < 4.78 is 10.8. The van der Waals surface area contributed by atoms with Crippen molar-refractivity contribution in [2.24, 2.45) is 0 Å². The van der Waals surface area contributed by atoms with Crippen LogP contribution in [0.25, 0.3) is 0 Å². The zero-order valence-corrected chi connectivity index (χ0v) is 20.1. The molecular formula is C26H31N3O3S. The van der Waals surface area contributed by atoms with Crippen molar-refractivity contribution in [2.75, 3.05) is 45.7 Å². The van der Waals surface area contributed by atoms with Crippen molar-refractivity contribution in [3.8, 4) is 5.75 Å². The van der Waals surface area contributed by atoms with Gasteiger partial charge in [0.05, 0.1) is 19.4 Å². The van der Waals surface area contributed by atoms with E-state index in [0.29, 0.717) is 5.76 Å². The fourth-order valence-electron chi connectivity index (χ4n) is 4.97. The summed E-state index contributed by atoms with van der Waals surface area (Å²) in [6.45, 7) is 4.05. The Balaban J connectivity index is 1.59. The molecule has 0 bridgehead atoms. The highest BCUT2D eigenvalue weighted by Gasteiger charge is 2.33. The fourth-order valence-corrected chi connectivity index (χ4v) is 6.29. The Kier molecular flexibility index (Phi) is 6.53. The molecule has 0 radical (unpaired) electrons. The molecule has 2 aliphatic rings. The highest BCUT2D eigenvalue weighted by Crippen LogP contribution is 2.46. The standard InChI is InChI=1S/C26H31N3O3S/c1-28-13-15-29(16-14-28)24(18-9-11-19(31-2)12-10-18)23-20-6-3-4-8-22(20)33-26(23)27-25(30)21-7-5-17-32-21/h5,7,9-12,17,24H,3-4,6,8,13-16H2,1-2H3,(H,27,30)/t24-/m0/s1. The first-order valence-corrected chi connectivity index (χ1v) is 12.5. The average Bonchev–Trinajstić information content (AvgIpc) is 3.50. The number of rotatable bonds is 6. The number of nitrogens with one attached hydrogen (secondary N) is 1. The number of carbonyl (C=O) groups excluding carboxylic acids is 1. The second-order valence-corrected chi connectivity index (χ2v) is 10.0. The van der Waals surface area contributed by atoms with Crippen LogP contribution in [0.2, 0.25) is 0 Å². The number of fused-ring (bicyclic) bond motifs is 1. The van der Waals surface area contributed by atoms with E-state index in [1.807, 2.05) is 12.1 Å². The minimum atomic E-state index is -0.188. The van der Waals surface area contributed by atoms with Crippen LogP contribution in [0, 0.1) is 0 Å². The number of furan rings is 1. The summed E-state index contributed by atoms with van der Waals surface area (Å²) >= 11 is 1.75. The van der Waals surface area contributed by atoms with E-state index in [9.17, 15) is 4.79 Å². The van der Waals surface area contributed by atoms with Crippen LogP contribution in [-0.4, -0.2) is 56.0 Å². The van der Waals surface area contributed by atoms with Crippen molar-refractivity contribution in [1.82, 2.24) is 9.80 Å². The number of hydrogen-bond donors (Lipinski definition) is 1. The molecule has 174 valence electrons. The van der Waals surface area contributed by atoms with Crippen LogP contribution in [0.15, 0.2) is 47.1 Å². The van der Waals surface area contributed by atoms with Crippen LogP contribution >= 0.6 is 11.3 Å². The summed E-state index contributed by atoms with van der Waals surface area (Å²) in [6, 6.07) is 12.0. The van der Waals surface area contributed by atoms with Crippen LogP contribution in [0.1, 0.15) is 51.0 Å². The zero-order chi connectivity index (χ0) is 22.8. The summed E-state index contributed by atoms with van der Waals surface area (Å²) in [6.07, 6.45) is 6.10. The SMILES string of the molecule is COc1ccc([C@@H](c2c(NC(=O)c3ccco3)sc3c2CCCC3)N2CCN(C)CC2)cc1. The van der Waals surface area contributed by atoms with E-state index >= 15 is 0 Å². The van der Waals surface area contributed by atoms with E-state index in [0.717, 1.165) is 49.8 Å². The molecule has 1 atom stereocenters. The first-order valence-electron chi connectivity index (χ1n) is 11.7. The average molecular weight is 466 g/mol. The van der Waals surface area contributed by atoms with Crippen LogP contribution in [0.3, 0.4) is 0 Å². The van der Waals surface area contributed by atoms with E-state index in [-0.39, 0.29) is 11.9 Å². The Hall–Kier alpha value is -2.61. The maximum atomic E-state index is 13.0. The van der Waals surface area contributed by atoms with Gasteiger partial charge >= 0.3 is 0 Å². The lowest BCUT2D eigenvalue weighted by Gasteiger charge is -2.39. The van der Waals surface area contributed by atoms with Crippen molar-refractivity contribution in [3.63, 3.8) is 0 Å². The Bertz CT molecular complexity index is 1080. The smallest absolute Gasteiger partial charge is 0.291 e. The number of hydrogen-bond acceptors (Lipinski definition) is 6. The molecule has 1 fully saturated rings. The van der Waals surface area contributed by atoms with E-state index in [1.165, 1.54) is 34.4 Å². The molecular weight excluding hydrogens is 434 g/mol. The maximum Gasteiger partial charge on any atom is 0.291 e. The minimum absolute atomic E-state index is 0.0922. The number of anilines is 1. The molecule has 6 nitrogen and oxygen atoms in total.